The monoisotopic (exact) mass is 349 g/mol. The molecule has 2 aliphatic heterocycles. The number of ether oxygens (including phenoxy) is 1. The summed E-state index contributed by atoms with van der Waals surface area (Å²) in [6, 6.07) is 7.90. The summed E-state index contributed by atoms with van der Waals surface area (Å²) in [5.41, 5.74) is 1.14. The van der Waals surface area contributed by atoms with Crippen molar-refractivity contribution < 1.29 is 14.3 Å². The zero-order valence-corrected chi connectivity index (χ0v) is 14.8. The summed E-state index contributed by atoms with van der Waals surface area (Å²) in [6.45, 7) is 3.51. The van der Waals surface area contributed by atoms with Crippen molar-refractivity contribution in [2.75, 3.05) is 26.0 Å². The second kappa shape index (κ2) is 7.34. The Kier molecular flexibility index (Phi) is 5.18. The molecule has 0 aliphatic carbocycles. The average molecular weight is 349 g/mol. The lowest BCUT2D eigenvalue weighted by atomic mass is 9.95. The molecule has 3 atom stereocenters. The first-order valence-electron chi connectivity index (χ1n) is 8.18. The van der Waals surface area contributed by atoms with Gasteiger partial charge in [-0.3, -0.25) is 4.79 Å². The van der Waals surface area contributed by atoms with E-state index >= 15 is 0 Å². The highest BCUT2D eigenvalue weighted by Gasteiger charge is 2.34. The summed E-state index contributed by atoms with van der Waals surface area (Å²) in [7, 11) is 1.64. The number of nitrogens with zero attached hydrogens (tertiary/aromatic N) is 1. The number of hydrogen-bond donors (Lipinski definition) is 2. The van der Waals surface area contributed by atoms with Crippen LogP contribution >= 0.6 is 11.8 Å². The summed E-state index contributed by atoms with van der Waals surface area (Å²) in [5, 5.41) is 5.63. The molecule has 2 N–H and O–H groups in total. The number of nitrogens with one attached hydrogen (secondary N) is 2. The second-order valence-corrected chi connectivity index (χ2v) is 7.36. The van der Waals surface area contributed by atoms with Gasteiger partial charge in [0, 0.05) is 19.0 Å². The van der Waals surface area contributed by atoms with Crippen molar-refractivity contribution in [2.45, 2.75) is 24.8 Å². The molecule has 2 aliphatic rings. The maximum atomic E-state index is 12.5. The van der Waals surface area contributed by atoms with E-state index in [0.717, 1.165) is 24.3 Å². The minimum absolute atomic E-state index is 0.0107. The lowest BCUT2D eigenvalue weighted by molar-refractivity contribution is -0.136. The SMILES string of the molecule is COc1ccc([C@@H]2CCN2C(=O)CSC2NC(=O)NCC2C)cc1. The van der Waals surface area contributed by atoms with E-state index < -0.39 is 0 Å². The van der Waals surface area contributed by atoms with Gasteiger partial charge in [-0.2, -0.15) is 0 Å². The highest BCUT2D eigenvalue weighted by Crippen LogP contribution is 2.34. The topological polar surface area (TPSA) is 70.7 Å². The first kappa shape index (κ1) is 17.0. The van der Waals surface area contributed by atoms with Crippen LogP contribution in [-0.4, -0.2) is 48.2 Å². The predicted molar refractivity (Wildman–Crippen MR) is 94.0 cm³/mol. The van der Waals surface area contributed by atoms with Gasteiger partial charge in [-0.25, -0.2) is 4.79 Å². The number of thioether (sulfide) groups is 1. The quantitative estimate of drug-likeness (QED) is 0.853. The summed E-state index contributed by atoms with van der Waals surface area (Å²) >= 11 is 1.52. The number of hydrogen-bond acceptors (Lipinski definition) is 4. The van der Waals surface area contributed by atoms with Gasteiger partial charge in [-0.1, -0.05) is 19.1 Å². The highest BCUT2D eigenvalue weighted by molar-refractivity contribution is 8.00. The van der Waals surface area contributed by atoms with E-state index in [9.17, 15) is 9.59 Å². The Balaban J connectivity index is 1.54. The third-order valence-corrected chi connectivity index (χ3v) is 5.96. The van der Waals surface area contributed by atoms with Crippen LogP contribution < -0.4 is 15.4 Å². The number of benzene rings is 1. The third kappa shape index (κ3) is 3.61. The molecule has 0 aromatic heterocycles. The first-order chi connectivity index (χ1) is 11.6. The number of rotatable bonds is 5. The van der Waals surface area contributed by atoms with Crippen LogP contribution in [0.1, 0.15) is 24.9 Å². The fourth-order valence-corrected chi connectivity index (χ4v) is 4.09. The van der Waals surface area contributed by atoms with Crippen LogP contribution in [0, 0.1) is 5.92 Å². The van der Waals surface area contributed by atoms with Crippen molar-refractivity contribution in [3.8, 4) is 5.75 Å². The van der Waals surface area contributed by atoms with E-state index in [1.165, 1.54) is 11.8 Å². The number of amides is 3. The minimum Gasteiger partial charge on any atom is -0.497 e. The Morgan fingerprint density at radius 2 is 2.12 bits per heavy atom. The van der Waals surface area contributed by atoms with Crippen LogP contribution in [0.25, 0.3) is 0 Å². The first-order valence-corrected chi connectivity index (χ1v) is 9.22. The molecule has 1 aromatic carbocycles. The lowest BCUT2D eigenvalue weighted by Gasteiger charge is -2.42. The van der Waals surface area contributed by atoms with Gasteiger partial charge in [0.2, 0.25) is 5.91 Å². The van der Waals surface area contributed by atoms with Crippen molar-refractivity contribution in [3.63, 3.8) is 0 Å². The molecule has 2 heterocycles. The molecule has 7 heteroatoms. The molecule has 0 spiro atoms. The molecule has 1 aromatic rings. The average Bonchev–Trinajstić information content (AvgIpc) is 2.55. The van der Waals surface area contributed by atoms with Gasteiger partial charge in [-0.15, -0.1) is 11.8 Å². The molecule has 0 bridgehead atoms. The highest BCUT2D eigenvalue weighted by atomic mass is 32.2. The van der Waals surface area contributed by atoms with E-state index in [0.29, 0.717) is 18.2 Å². The molecule has 3 amide bonds. The smallest absolute Gasteiger partial charge is 0.315 e. The van der Waals surface area contributed by atoms with Gasteiger partial charge >= 0.3 is 6.03 Å². The molecule has 0 saturated carbocycles. The van der Waals surface area contributed by atoms with Gasteiger partial charge in [0.15, 0.2) is 0 Å². The zero-order chi connectivity index (χ0) is 17.1. The molecular formula is C17H23N3O3S. The Labute approximate surface area is 146 Å². The van der Waals surface area contributed by atoms with Crippen molar-refractivity contribution in [3.05, 3.63) is 29.8 Å². The van der Waals surface area contributed by atoms with E-state index in [1.54, 1.807) is 7.11 Å². The van der Waals surface area contributed by atoms with Crippen LogP contribution in [0.15, 0.2) is 24.3 Å². The summed E-state index contributed by atoms with van der Waals surface area (Å²) in [6.07, 6.45) is 0.989. The molecule has 2 unspecified atom stereocenters. The third-order valence-electron chi connectivity index (χ3n) is 4.60. The Bertz CT molecular complexity index is 608. The number of carbonyl (C=O) groups is 2. The van der Waals surface area contributed by atoms with Gasteiger partial charge < -0.3 is 20.3 Å². The summed E-state index contributed by atoms with van der Waals surface area (Å²) in [4.78, 5) is 25.8. The van der Waals surface area contributed by atoms with Gasteiger partial charge in [-0.05, 0) is 24.1 Å². The van der Waals surface area contributed by atoms with Crippen LogP contribution in [0.3, 0.4) is 0 Å². The molecule has 0 radical (unpaired) electrons. The van der Waals surface area contributed by atoms with Crippen molar-refractivity contribution in [1.82, 2.24) is 15.5 Å². The Morgan fingerprint density at radius 1 is 1.38 bits per heavy atom. The lowest BCUT2D eigenvalue weighted by Crippen LogP contribution is -2.53. The van der Waals surface area contributed by atoms with Crippen molar-refractivity contribution in [1.29, 1.82) is 0 Å². The number of methoxy groups -OCH3 is 1. The van der Waals surface area contributed by atoms with E-state index in [-0.39, 0.29) is 23.4 Å². The largest absolute Gasteiger partial charge is 0.497 e. The molecule has 6 nitrogen and oxygen atoms in total. The fourth-order valence-electron chi connectivity index (χ4n) is 2.99. The van der Waals surface area contributed by atoms with E-state index in [2.05, 4.69) is 17.6 Å². The predicted octanol–water partition coefficient (Wildman–Crippen LogP) is 1.98. The fraction of sp³-hybridized carbons (Fsp3) is 0.529. The summed E-state index contributed by atoms with van der Waals surface area (Å²) < 4.78 is 5.18. The van der Waals surface area contributed by atoms with Crippen molar-refractivity contribution >= 4 is 23.7 Å². The van der Waals surface area contributed by atoms with Gasteiger partial charge in [0.25, 0.3) is 0 Å². The Morgan fingerprint density at radius 3 is 2.75 bits per heavy atom. The van der Waals surface area contributed by atoms with Gasteiger partial charge in [0.1, 0.15) is 5.75 Å². The van der Waals surface area contributed by atoms with Crippen LogP contribution in [0.2, 0.25) is 0 Å². The normalized spacial score (nSPS) is 26.2. The molecule has 24 heavy (non-hydrogen) atoms. The number of urea groups is 1. The van der Waals surface area contributed by atoms with Crippen LogP contribution in [0.4, 0.5) is 4.79 Å². The molecule has 2 fully saturated rings. The van der Waals surface area contributed by atoms with Crippen LogP contribution in [-0.2, 0) is 4.79 Å². The van der Waals surface area contributed by atoms with E-state index in [1.807, 2.05) is 29.2 Å². The molecule has 2 saturated heterocycles. The molecule has 3 rings (SSSR count). The summed E-state index contributed by atoms with van der Waals surface area (Å²) in [5.74, 6) is 1.64. The van der Waals surface area contributed by atoms with Crippen molar-refractivity contribution in [2.24, 2.45) is 5.92 Å². The maximum Gasteiger partial charge on any atom is 0.315 e. The molecular weight excluding hydrogens is 326 g/mol. The standard InChI is InChI=1S/C17H23N3O3S/c1-11-9-18-17(22)19-16(11)24-10-15(21)20-8-7-14(20)12-3-5-13(23-2)6-4-12/h3-6,11,14,16H,7-10H2,1-2H3,(H2,18,19,22)/t11?,14-,16?/m0/s1. The van der Waals surface area contributed by atoms with Gasteiger partial charge in [0.05, 0.1) is 24.3 Å². The van der Waals surface area contributed by atoms with E-state index in [4.69, 9.17) is 4.74 Å². The molecule has 130 valence electrons. The second-order valence-electron chi connectivity index (χ2n) is 6.23. The zero-order valence-electron chi connectivity index (χ0n) is 14.0. The Hall–Kier alpha value is -1.89. The van der Waals surface area contributed by atoms with Crippen LogP contribution in [0.5, 0.6) is 5.75 Å². The maximum absolute atomic E-state index is 12.5. The number of carbonyl (C=O) groups excluding carboxylic acids is 2. The number of likely N-dealkylation sites (tertiary alicyclic amines) is 1. The minimum atomic E-state index is -0.155.